The maximum atomic E-state index is 5.72. The van der Waals surface area contributed by atoms with E-state index in [1.807, 2.05) is 38.1 Å². The normalized spacial score (nSPS) is 22.0. The van der Waals surface area contributed by atoms with Crippen LogP contribution in [0.4, 0.5) is 0 Å². The second-order valence-electron chi connectivity index (χ2n) is 8.99. The second kappa shape index (κ2) is 7.88. The van der Waals surface area contributed by atoms with E-state index >= 15 is 0 Å². The molecular formula is C25H29N3O2. The Bertz CT molecular complexity index is 977. The maximum absolute atomic E-state index is 5.72. The van der Waals surface area contributed by atoms with E-state index in [0.29, 0.717) is 17.9 Å². The van der Waals surface area contributed by atoms with Gasteiger partial charge in [0.25, 0.3) is 5.89 Å². The predicted molar refractivity (Wildman–Crippen MR) is 117 cm³/mol. The Labute approximate surface area is 177 Å². The molecule has 0 aliphatic heterocycles. The number of hydrogen-bond donors (Lipinski definition) is 1. The standard InChI is InChI=1S/C25H29N3O2/c1-17(2)29-20-11-9-19(10-12-20)23-27-24(28-30-23)25(13-6-14-25)16-26-22-15-21(22)18-7-4-3-5-8-18/h3-5,7-12,17,21-22,26H,6,13-16H2,1-2H3/t21?,22-/m0/s1. The summed E-state index contributed by atoms with van der Waals surface area (Å²) in [7, 11) is 0. The molecule has 2 fully saturated rings. The molecule has 0 saturated heterocycles. The van der Waals surface area contributed by atoms with Crippen molar-refractivity contribution in [3.63, 3.8) is 0 Å². The Kier molecular flexibility index (Phi) is 5.07. The van der Waals surface area contributed by atoms with Crippen LogP contribution in [0.1, 0.15) is 56.8 Å². The molecule has 156 valence electrons. The van der Waals surface area contributed by atoms with Gasteiger partial charge in [0.2, 0.25) is 0 Å². The van der Waals surface area contributed by atoms with Crippen LogP contribution in [0.5, 0.6) is 5.75 Å². The molecule has 2 aliphatic carbocycles. The molecular weight excluding hydrogens is 374 g/mol. The van der Waals surface area contributed by atoms with Gasteiger partial charge in [-0.05, 0) is 62.9 Å². The monoisotopic (exact) mass is 403 g/mol. The summed E-state index contributed by atoms with van der Waals surface area (Å²) in [5, 5.41) is 8.16. The van der Waals surface area contributed by atoms with Crippen molar-refractivity contribution in [2.45, 2.75) is 63.0 Å². The minimum absolute atomic E-state index is 0.00622. The first-order valence-electron chi connectivity index (χ1n) is 11.0. The largest absolute Gasteiger partial charge is 0.491 e. The van der Waals surface area contributed by atoms with Crippen molar-refractivity contribution in [3.8, 4) is 17.2 Å². The van der Waals surface area contributed by atoms with E-state index in [1.165, 1.54) is 18.4 Å². The number of ether oxygens (including phenoxy) is 1. The summed E-state index contributed by atoms with van der Waals surface area (Å²) in [5.41, 5.74) is 2.37. The van der Waals surface area contributed by atoms with Crippen LogP contribution in [0.3, 0.4) is 0 Å². The van der Waals surface area contributed by atoms with Crippen LogP contribution in [-0.4, -0.2) is 28.8 Å². The molecule has 2 saturated carbocycles. The molecule has 0 bridgehead atoms. The number of hydrogen-bond acceptors (Lipinski definition) is 5. The van der Waals surface area contributed by atoms with Crippen molar-refractivity contribution in [3.05, 3.63) is 66.0 Å². The summed E-state index contributed by atoms with van der Waals surface area (Å²) in [5.74, 6) is 2.91. The van der Waals surface area contributed by atoms with Crippen LogP contribution in [0.2, 0.25) is 0 Å². The Morgan fingerprint density at radius 1 is 1.10 bits per heavy atom. The van der Waals surface area contributed by atoms with Crippen LogP contribution < -0.4 is 10.1 Å². The van der Waals surface area contributed by atoms with Gasteiger partial charge in [-0.1, -0.05) is 41.9 Å². The van der Waals surface area contributed by atoms with E-state index in [9.17, 15) is 0 Å². The second-order valence-corrected chi connectivity index (χ2v) is 8.99. The summed E-state index contributed by atoms with van der Waals surface area (Å²) in [6.45, 7) is 4.96. The zero-order valence-electron chi connectivity index (χ0n) is 17.7. The van der Waals surface area contributed by atoms with Gasteiger partial charge in [-0.25, -0.2) is 0 Å². The number of aromatic nitrogens is 2. The lowest BCUT2D eigenvalue weighted by molar-refractivity contribution is 0.211. The Balaban J connectivity index is 1.24. The lowest BCUT2D eigenvalue weighted by Crippen LogP contribution is -2.45. The Hall–Kier alpha value is -2.66. The van der Waals surface area contributed by atoms with Gasteiger partial charge >= 0.3 is 0 Å². The van der Waals surface area contributed by atoms with Gasteiger partial charge in [-0.2, -0.15) is 4.98 Å². The minimum Gasteiger partial charge on any atom is -0.491 e. The highest BCUT2D eigenvalue weighted by atomic mass is 16.5. The highest BCUT2D eigenvalue weighted by molar-refractivity contribution is 5.54. The molecule has 2 aliphatic rings. The summed E-state index contributed by atoms with van der Waals surface area (Å²) in [6, 6.07) is 19.2. The fourth-order valence-electron chi connectivity index (χ4n) is 4.40. The fraction of sp³-hybridized carbons (Fsp3) is 0.440. The van der Waals surface area contributed by atoms with Crippen molar-refractivity contribution in [2.75, 3.05) is 6.54 Å². The van der Waals surface area contributed by atoms with Gasteiger partial charge in [-0.15, -0.1) is 0 Å². The molecule has 0 spiro atoms. The molecule has 0 radical (unpaired) electrons. The molecule has 1 heterocycles. The molecule has 1 N–H and O–H groups in total. The van der Waals surface area contributed by atoms with E-state index in [2.05, 4.69) is 40.8 Å². The van der Waals surface area contributed by atoms with Crippen molar-refractivity contribution in [1.29, 1.82) is 0 Å². The molecule has 5 nitrogen and oxygen atoms in total. The third-order valence-corrected chi connectivity index (χ3v) is 6.40. The van der Waals surface area contributed by atoms with Crippen molar-refractivity contribution >= 4 is 0 Å². The molecule has 1 aromatic heterocycles. The molecule has 5 rings (SSSR count). The minimum atomic E-state index is 0.00622. The zero-order chi connectivity index (χ0) is 20.6. The summed E-state index contributed by atoms with van der Waals surface area (Å²) in [4.78, 5) is 4.78. The third-order valence-electron chi connectivity index (χ3n) is 6.40. The van der Waals surface area contributed by atoms with Gasteiger partial charge in [0, 0.05) is 29.5 Å². The first-order valence-corrected chi connectivity index (χ1v) is 11.0. The SMILES string of the molecule is CC(C)Oc1ccc(-c2nc(C3(CN[C@H]4CC4c4ccccc4)CCC3)no2)cc1. The lowest BCUT2D eigenvalue weighted by atomic mass is 9.68. The first kappa shape index (κ1) is 19.3. The van der Waals surface area contributed by atoms with Crippen molar-refractivity contribution in [2.24, 2.45) is 0 Å². The zero-order valence-corrected chi connectivity index (χ0v) is 17.7. The maximum Gasteiger partial charge on any atom is 0.257 e. The molecule has 0 amide bonds. The summed E-state index contributed by atoms with van der Waals surface area (Å²) >= 11 is 0. The topological polar surface area (TPSA) is 60.2 Å². The van der Waals surface area contributed by atoms with Gasteiger partial charge in [-0.3, -0.25) is 0 Å². The molecule has 30 heavy (non-hydrogen) atoms. The average Bonchev–Trinajstić information content (AvgIpc) is 3.34. The van der Waals surface area contributed by atoms with E-state index < -0.39 is 0 Å². The summed E-state index contributed by atoms with van der Waals surface area (Å²) in [6.07, 6.45) is 4.82. The number of nitrogens with zero attached hydrogens (tertiary/aromatic N) is 2. The lowest BCUT2D eigenvalue weighted by Gasteiger charge is -2.39. The fourth-order valence-corrected chi connectivity index (χ4v) is 4.40. The molecule has 5 heteroatoms. The van der Waals surface area contributed by atoms with Crippen LogP contribution in [-0.2, 0) is 5.41 Å². The average molecular weight is 404 g/mol. The van der Waals surface area contributed by atoms with Gasteiger partial charge in [0.1, 0.15) is 5.75 Å². The smallest absolute Gasteiger partial charge is 0.257 e. The molecule has 1 unspecified atom stereocenters. The number of benzene rings is 2. The number of rotatable bonds is 8. The van der Waals surface area contributed by atoms with Crippen molar-refractivity contribution < 1.29 is 9.26 Å². The van der Waals surface area contributed by atoms with E-state index in [0.717, 1.165) is 36.5 Å². The number of nitrogens with one attached hydrogen (secondary N) is 1. The van der Waals surface area contributed by atoms with E-state index in [4.69, 9.17) is 14.2 Å². The Morgan fingerprint density at radius 2 is 1.87 bits per heavy atom. The van der Waals surface area contributed by atoms with Crippen LogP contribution in [0.25, 0.3) is 11.5 Å². The highest BCUT2D eigenvalue weighted by Crippen LogP contribution is 2.45. The van der Waals surface area contributed by atoms with E-state index in [1.54, 1.807) is 0 Å². The van der Waals surface area contributed by atoms with Gasteiger partial charge in [0.15, 0.2) is 5.82 Å². The van der Waals surface area contributed by atoms with E-state index in [-0.39, 0.29) is 11.5 Å². The molecule has 2 aromatic carbocycles. The third kappa shape index (κ3) is 3.86. The van der Waals surface area contributed by atoms with Crippen LogP contribution in [0, 0.1) is 0 Å². The van der Waals surface area contributed by atoms with Gasteiger partial charge in [0.05, 0.1) is 6.10 Å². The van der Waals surface area contributed by atoms with Crippen LogP contribution in [0.15, 0.2) is 59.1 Å². The molecule has 3 aromatic rings. The summed E-state index contributed by atoms with van der Waals surface area (Å²) < 4.78 is 11.4. The molecule has 2 atom stereocenters. The Morgan fingerprint density at radius 3 is 2.53 bits per heavy atom. The van der Waals surface area contributed by atoms with Crippen molar-refractivity contribution in [1.82, 2.24) is 15.5 Å². The first-order chi connectivity index (χ1) is 14.6. The van der Waals surface area contributed by atoms with Crippen LogP contribution >= 0.6 is 0 Å². The quantitative estimate of drug-likeness (QED) is 0.568. The predicted octanol–water partition coefficient (Wildman–Crippen LogP) is 5.09. The van der Waals surface area contributed by atoms with Gasteiger partial charge < -0.3 is 14.6 Å². The highest BCUT2D eigenvalue weighted by Gasteiger charge is 2.46.